The van der Waals surface area contributed by atoms with Crippen LogP contribution in [0.3, 0.4) is 0 Å². The zero-order chi connectivity index (χ0) is 13.1. The van der Waals surface area contributed by atoms with Crippen LogP contribution in [0, 0.1) is 5.41 Å². The van der Waals surface area contributed by atoms with Crippen LogP contribution >= 0.6 is 0 Å². The largest absolute Gasteiger partial charge is 0.508 e. The third-order valence-electron chi connectivity index (χ3n) is 2.51. The molecule has 0 radical (unpaired) electrons. The second-order valence-electron chi connectivity index (χ2n) is 3.78. The Morgan fingerprint density at radius 1 is 1.50 bits per heavy atom. The maximum Gasteiger partial charge on any atom is 0.200 e. The number of tetrazole rings is 1. The van der Waals surface area contributed by atoms with Crippen LogP contribution in [0.15, 0.2) is 18.2 Å². The molecule has 94 valence electrons. The molecule has 0 spiro atoms. The molecule has 7 heteroatoms. The zero-order valence-corrected chi connectivity index (χ0v) is 10.1. The van der Waals surface area contributed by atoms with E-state index in [0.717, 1.165) is 0 Å². The van der Waals surface area contributed by atoms with Gasteiger partial charge in [-0.05, 0) is 28.6 Å². The summed E-state index contributed by atoms with van der Waals surface area (Å²) in [6.07, 6.45) is 0. The van der Waals surface area contributed by atoms with Crippen molar-refractivity contribution in [3.05, 3.63) is 35.2 Å². The number of methoxy groups -OCH3 is 1. The first-order chi connectivity index (χ1) is 8.63. The Morgan fingerprint density at radius 2 is 2.28 bits per heavy atom. The number of aryl methyl sites for hydroxylation is 1. The molecule has 0 fully saturated rings. The molecule has 2 N–H and O–H groups in total. The van der Waals surface area contributed by atoms with Gasteiger partial charge in [-0.1, -0.05) is 0 Å². The first kappa shape index (κ1) is 12.2. The molecule has 0 unspecified atom stereocenters. The topological polar surface area (TPSA) is 96.9 Å². The summed E-state index contributed by atoms with van der Waals surface area (Å²) >= 11 is 0. The Hall–Kier alpha value is -2.28. The van der Waals surface area contributed by atoms with Gasteiger partial charge in [0.2, 0.25) is 0 Å². The molecule has 0 saturated heterocycles. The van der Waals surface area contributed by atoms with E-state index in [2.05, 4.69) is 15.5 Å². The smallest absolute Gasteiger partial charge is 0.200 e. The van der Waals surface area contributed by atoms with E-state index in [4.69, 9.17) is 10.1 Å². The van der Waals surface area contributed by atoms with Crippen LogP contribution in [0.2, 0.25) is 0 Å². The van der Waals surface area contributed by atoms with Crippen molar-refractivity contribution in [2.75, 3.05) is 7.11 Å². The monoisotopic (exact) mass is 247 g/mol. The number of aromatic nitrogens is 4. The van der Waals surface area contributed by atoms with Gasteiger partial charge in [-0.2, -0.15) is 0 Å². The molecule has 0 aliphatic rings. The number of aromatic hydroxyl groups is 1. The molecular weight excluding hydrogens is 234 g/mol. The zero-order valence-electron chi connectivity index (χ0n) is 10.1. The number of phenolic OH excluding ortho intramolecular Hbond substituents is 1. The van der Waals surface area contributed by atoms with Crippen LogP contribution in [0.5, 0.6) is 5.75 Å². The van der Waals surface area contributed by atoms with Gasteiger partial charge in [0.05, 0.1) is 6.61 Å². The third kappa shape index (κ3) is 2.21. The Balaban J connectivity index is 2.37. The molecule has 1 heterocycles. The molecule has 0 amide bonds. The maximum atomic E-state index is 9.64. The van der Waals surface area contributed by atoms with Crippen LogP contribution in [-0.2, 0) is 18.4 Å². The molecule has 0 bridgehead atoms. The fourth-order valence-corrected chi connectivity index (χ4v) is 1.58. The van der Waals surface area contributed by atoms with Gasteiger partial charge in [0.15, 0.2) is 5.82 Å². The summed E-state index contributed by atoms with van der Waals surface area (Å²) in [5.74, 6) is 0.508. The van der Waals surface area contributed by atoms with Gasteiger partial charge in [-0.25, -0.2) is 4.68 Å². The minimum Gasteiger partial charge on any atom is -0.508 e. The summed E-state index contributed by atoms with van der Waals surface area (Å²) in [4.78, 5) is 0. The summed E-state index contributed by atoms with van der Waals surface area (Å²) in [5.41, 5.74) is 1.44. The quantitative estimate of drug-likeness (QED) is 0.766. The average molecular weight is 247 g/mol. The van der Waals surface area contributed by atoms with Gasteiger partial charge in [0, 0.05) is 25.3 Å². The van der Waals surface area contributed by atoms with E-state index >= 15 is 0 Å². The lowest BCUT2D eigenvalue weighted by Crippen LogP contribution is -2.10. The highest BCUT2D eigenvalue weighted by Crippen LogP contribution is 2.20. The number of hydrogen-bond donors (Lipinski definition) is 2. The number of nitrogens with zero attached hydrogens (tertiary/aromatic N) is 4. The predicted molar refractivity (Wildman–Crippen MR) is 63.5 cm³/mol. The Bertz CT molecular complexity index is 579. The second-order valence-corrected chi connectivity index (χ2v) is 3.78. The summed E-state index contributed by atoms with van der Waals surface area (Å²) in [7, 11) is 3.21. The van der Waals surface area contributed by atoms with Gasteiger partial charge >= 0.3 is 0 Å². The molecule has 0 aliphatic heterocycles. The van der Waals surface area contributed by atoms with Crippen molar-refractivity contribution in [1.82, 2.24) is 20.2 Å². The lowest BCUT2D eigenvalue weighted by atomic mass is 10.1. The molecule has 1 aromatic heterocycles. The Labute approximate surface area is 104 Å². The molecule has 0 saturated carbocycles. The molecule has 1 aromatic carbocycles. The molecule has 0 aliphatic carbocycles. The highest BCUT2D eigenvalue weighted by molar-refractivity contribution is 6.08. The highest BCUT2D eigenvalue weighted by atomic mass is 16.5. The maximum absolute atomic E-state index is 9.64. The highest BCUT2D eigenvalue weighted by Gasteiger charge is 2.13. The summed E-state index contributed by atoms with van der Waals surface area (Å²) in [5, 5.41) is 28.6. The minimum atomic E-state index is 0.143. The molecule has 7 nitrogen and oxygen atoms in total. The molecule has 0 atom stereocenters. The van der Waals surface area contributed by atoms with E-state index < -0.39 is 0 Å². The minimum absolute atomic E-state index is 0.143. The number of rotatable bonds is 4. The number of ether oxygens (including phenoxy) is 1. The standard InChI is InChI=1S/C11H13N5O2/c1-16-11(13-14-15-16)10(12)7-3-4-9(17)8(5-7)6-18-2/h3-5,12,17H,6H2,1-2H3. The predicted octanol–water partition coefficient (Wildman–Crippen LogP) is 0.478. The van der Waals surface area contributed by atoms with Crippen molar-refractivity contribution in [2.45, 2.75) is 6.61 Å². The lowest BCUT2D eigenvalue weighted by molar-refractivity contribution is 0.182. The normalized spacial score (nSPS) is 10.6. The molecule has 18 heavy (non-hydrogen) atoms. The summed E-state index contributed by atoms with van der Waals surface area (Å²) in [6.45, 7) is 0.282. The number of phenols is 1. The number of nitrogens with one attached hydrogen (secondary N) is 1. The van der Waals surface area contributed by atoms with Gasteiger partial charge in [0.1, 0.15) is 11.5 Å². The van der Waals surface area contributed by atoms with Crippen molar-refractivity contribution in [3.63, 3.8) is 0 Å². The van der Waals surface area contributed by atoms with E-state index in [1.807, 2.05) is 0 Å². The second kappa shape index (κ2) is 4.92. The van der Waals surface area contributed by atoms with Crippen molar-refractivity contribution in [3.8, 4) is 5.75 Å². The first-order valence-electron chi connectivity index (χ1n) is 5.26. The van der Waals surface area contributed by atoms with E-state index in [1.54, 1.807) is 26.3 Å². The van der Waals surface area contributed by atoms with Gasteiger partial charge in [-0.15, -0.1) is 5.10 Å². The van der Waals surface area contributed by atoms with Crippen LogP contribution in [0.1, 0.15) is 17.0 Å². The van der Waals surface area contributed by atoms with E-state index in [1.165, 1.54) is 10.7 Å². The van der Waals surface area contributed by atoms with Crippen LogP contribution in [0.25, 0.3) is 0 Å². The lowest BCUT2D eigenvalue weighted by Gasteiger charge is -2.07. The van der Waals surface area contributed by atoms with Crippen molar-refractivity contribution >= 4 is 5.71 Å². The van der Waals surface area contributed by atoms with Crippen molar-refractivity contribution in [2.24, 2.45) is 7.05 Å². The summed E-state index contributed by atoms with van der Waals surface area (Å²) in [6, 6.07) is 4.86. The SMILES string of the molecule is COCc1cc(C(=N)c2nnnn2C)ccc1O. The fourth-order valence-electron chi connectivity index (χ4n) is 1.58. The van der Waals surface area contributed by atoms with E-state index in [-0.39, 0.29) is 18.1 Å². The van der Waals surface area contributed by atoms with Crippen molar-refractivity contribution < 1.29 is 9.84 Å². The number of benzene rings is 1. The van der Waals surface area contributed by atoms with Crippen molar-refractivity contribution in [1.29, 1.82) is 5.41 Å². The summed E-state index contributed by atoms with van der Waals surface area (Å²) < 4.78 is 6.40. The van der Waals surface area contributed by atoms with Gasteiger partial charge in [-0.3, -0.25) is 5.41 Å². The first-order valence-corrected chi connectivity index (χ1v) is 5.26. The Morgan fingerprint density at radius 3 is 2.89 bits per heavy atom. The third-order valence-corrected chi connectivity index (χ3v) is 2.51. The Kier molecular flexibility index (Phi) is 3.33. The van der Waals surface area contributed by atoms with E-state index in [9.17, 15) is 5.11 Å². The van der Waals surface area contributed by atoms with Crippen LogP contribution in [-0.4, -0.2) is 38.1 Å². The molecule has 2 aromatic rings. The van der Waals surface area contributed by atoms with Gasteiger partial charge < -0.3 is 9.84 Å². The molecule has 2 rings (SSSR count). The fraction of sp³-hybridized carbons (Fsp3) is 0.273. The number of hydrogen-bond acceptors (Lipinski definition) is 6. The van der Waals surface area contributed by atoms with Crippen LogP contribution < -0.4 is 0 Å². The molecular formula is C11H13N5O2. The van der Waals surface area contributed by atoms with Crippen LogP contribution in [0.4, 0.5) is 0 Å². The average Bonchev–Trinajstić information content (AvgIpc) is 2.78. The van der Waals surface area contributed by atoms with E-state index in [0.29, 0.717) is 17.0 Å². The van der Waals surface area contributed by atoms with Gasteiger partial charge in [0.25, 0.3) is 0 Å².